The molecular formula is C11H16FNO. The molecule has 78 valence electrons. The molecule has 4 saturated carbocycles. The van der Waals surface area contributed by atoms with Crippen molar-refractivity contribution in [1.29, 1.82) is 0 Å². The lowest BCUT2D eigenvalue weighted by molar-refractivity contribution is -0.151. The highest BCUT2D eigenvalue weighted by atomic mass is 19.1. The summed E-state index contributed by atoms with van der Waals surface area (Å²) in [5, 5.41) is 0. The van der Waals surface area contributed by atoms with Gasteiger partial charge in [-0.3, -0.25) is 4.79 Å². The van der Waals surface area contributed by atoms with Gasteiger partial charge in [-0.05, 0) is 49.9 Å². The summed E-state index contributed by atoms with van der Waals surface area (Å²) in [4.78, 5) is 11.5. The molecule has 2 N–H and O–H groups in total. The third kappa shape index (κ3) is 0.931. The van der Waals surface area contributed by atoms with Crippen LogP contribution in [0.15, 0.2) is 0 Å². The van der Waals surface area contributed by atoms with Gasteiger partial charge in [-0.1, -0.05) is 0 Å². The van der Waals surface area contributed by atoms with Crippen LogP contribution in [0.5, 0.6) is 0 Å². The van der Waals surface area contributed by atoms with Crippen LogP contribution >= 0.6 is 0 Å². The van der Waals surface area contributed by atoms with Crippen LogP contribution in [0.3, 0.4) is 0 Å². The van der Waals surface area contributed by atoms with E-state index in [-0.39, 0.29) is 23.2 Å². The Morgan fingerprint density at radius 3 is 2.29 bits per heavy atom. The van der Waals surface area contributed by atoms with Crippen molar-refractivity contribution in [1.82, 2.24) is 0 Å². The van der Waals surface area contributed by atoms with E-state index < -0.39 is 6.17 Å². The summed E-state index contributed by atoms with van der Waals surface area (Å²) in [5.41, 5.74) is 5.16. The summed E-state index contributed by atoms with van der Waals surface area (Å²) in [6, 6.07) is 0. The lowest BCUT2D eigenvalue weighted by Crippen LogP contribution is -2.56. The second kappa shape index (κ2) is 2.50. The van der Waals surface area contributed by atoms with Crippen molar-refractivity contribution in [2.75, 3.05) is 0 Å². The molecule has 0 aliphatic heterocycles. The van der Waals surface area contributed by atoms with Crippen molar-refractivity contribution in [3.63, 3.8) is 0 Å². The number of amides is 1. The number of nitrogens with two attached hydrogens (primary N) is 1. The van der Waals surface area contributed by atoms with E-state index in [9.17, 15) is 9.18 Å². The number of carbonyl (C=O) groups is 1. The molecule has 3 heteroatoms. The summed E-state index contributed by atoms with van der Waals surface area (Å²) in [5.74, 6) is 0.665. The van der Waals surface area contributed by atoms with Crippen LogP contribution in [0.1, 0.15) is 32.1 Å². The molecule has 4 bridgehead atoms. The van der Waals surface area contributed by atoms with Gasteiger partial charge in [0.05, 0.1) is 0 Å². The number of hydrogen-bond donors (Lipinski definition) is 1. The Morgan fingerprint density at radius 2 is 1.79 bits per heavy atom. The van der Waals surface area contributed by atoms with Gasteiger partial charge in [0.25, 0.3) is 0 Å². The Labute approximate surface area is 83.0 Å². The topological polar surface area (TPSA) is 43.1 Å². The number of halogens is 1. The van der Waals surface area contributed by atoms with E-state index in [0.717, 1.165) is 32.1 Å². The van der Waals surface area contributed by atoms with Gasteiger partial charge < -0.3 is 5.73 Å². The number of carbonyl (C=O) groups excluding carboxylic acids is 1. The molecule has 4 aliphatic rings. The quantitative estimate of drug-likeness (QED) is 0.682. The van der Waals surface area contributed by atoms with E-state index >= 15 is 0 Å². The average molecular weight is 197 g/mol. The fourth-order valence-corrected chi connectivity index (χ4v) is 4.26. The molecule has 3 unspecified atom stereocenters. The third-order valence-corrected chi connectivity index (χ3v) is 4.68. The minimum Gasteiger partial charge on any atom is -0.369 e. The highest BCUT2D eigenvalue weighted by molar-refractivity contribution is 5.81. The van der Waals surface area contributed by atoms with Gasteiger partial charge in [-0.2, -0.15) is 0 Å². The van der Waals surface area contributed by atoms with Gasteiger partial charge in [-0.15, -0.1) is 0 Å². The van der Waals surface area contributed by atoms with Gasteiger partial charge in [0.2, 0.25) is 5.91 Å². The standard InChI is InChI=1S/C11H16FNO/c12-9-7-1-6-2-8(9)5-11(3-6,4-7)10(13)14/h6-9H,1-5H2,(H2,13,14)/t6?,7-,8+,9?,11?. The van der Waals surface area contributed by atoms with Crippen molar-refractivity contribution in [2.24, 2.45) is 28.9 Å². The molecule has 14 heavy (non-hydrogen) atoms. The van der Waals surface area contributed by atoms with Crippen LogP contribution in [0.4, 0.5) is 4.39 Å². The van der Waals surface area contributed by atoms with Gasteiger partial charge in [-0.25, -0.2) is 4.39 Å². The predicted octanol–water partition coefficient (Wildman–Crippen LogP) is 1.64. The largest absolute Gasteiger partial charge is 0.369 e. The van der Waals surface area contributed by atoms with E-state index in [1.807, 2.05) is 0 Å². The summed E-state index contributed by atoms with van der Waals surface area (Å²) in [6.07, 6.45) is 3.70. The predicted molar refractivity (Wildman–Crippen MR) is 50.1 cm³/mol. The van der Waals surface area contributed by atoms with Crippen molar-refractivity contribution in [3.8, 4) is 0 Å². The second-order valence-electron chi connectivity index (χ2n) is 5.56. The zero-order valence-corrected chi connectivity index (χ0v) is 8.21. The van der Waals surface area contributed by atoms with Crippen molar-refractivity contribution in [2.45, 2.75) is 38.3 Å². The lowest BCUT2D eigenvalue weighted by Gasteiger charge is -2.56. The molecule has 0 heterocycles. The molecule has 5 atom stereocenters. The molecule has 0 spiro atoms. The zero-order valence-electron chi connectivity index (χ0n) is 8.21. The first-order valence-corrected chi connectivity index (χ1v) is 5.55. The molecular weight excluding hydrogens is 181 g/mol. The van der Waals surface area contributed by atoms with Crippen LogP contribution in [-0.2, 0) is 4.79 Å². The van der Waals surface area contributed by atoms with Crippen molar-refractivity contribution < 1.29 is 9.18 Å². The Bertz CT molecular complexity index is 275. The van der Waals surface area contributed by atoms with Crippen LogP contribution in [-0.4, -0.2) is 12.1 Å². The molecule has 0 aromatic carbocycles. The number of hydrogen-bond acceptors (Lipinski definition) is 1. The Morgan fingerprint density at radius 1 is 1.21 bits per heavy atom. The fourth-order valence-electron chi connectivity index (χ4n) is 4.26. The maximum absolute atomic E-state index is 13.8. The zero-order chi connectivity index (χ0) is 9.92. The van der Waals surface area contributed by atoms with Gasteiger partial charge in [0.1, 0.15) is 6.17 Å². The molecule has 4 fully saturated rings. The molecule has 4 aliphatic carbocycles. The number of rotatable bonds is 1. The highest BCUT2D eigenvalue weighted by Gasteiger charge is 2.58. The summed E-state index contributed by atoms with van der Waals surface area (Å²) < 4.78 is 13.8. The Hall–Kier alpha value is -0.600. The highest BCUT2D eigenvalue weighted by Crippen LogP contribution is 2.60. The Balaban J connectivity index is 1.96. The number of alkyl halides is 1. The van der Waals surface area contributed by atoms with Crippen LogP contribution in [0.2, 0.25) is 0 Å². The van der Waals surface area contributed by atoms with E-state index in [0.29, 0.717) is 5.92 Å². The minimum atomic E-state index is -0.654. The SMILES string of the molecule is NC(=O)C12CC3C[C@H](C1)C(F)[C@@H](C3)C2. The molecule has 0 radical (unpaired) electrons. The normalized spacial score (nSPS) is 54.9. The van der Waals surface area contributed by atoms with E-state index in [4.69, 9.17) is 5.73 Å². The molecule has 1 amide bonds. The first-order valence-electron chi connectivity index (χ1n) is 5.55. The van der Waals surface area contributed by atoms with E-state index in [1.165, 1.54) is 0 Å². The minimum absolute atomic E-state index is 0.133. The van der Waals surface area contributed by atoms with Crippen LogP contribution in [0, 0.1) is 23.2 Å². The fraction of sp³-hybridized carbons (Fsp3) is 0.909. The van der Waals surface area contributed by atoms with Crippen LogP contribution in [0.25, 0.3) is 0 Å². The Kier molecular flexibility index (Phi) is 1.55. The smallest absolute Gasteiger partial charge is 0.223 e. The van der Waals surface area contributed by atoms with Crippen LogP contribution < -0.4 is 5.73 Å². The molecule has 4 rings (SSSR count). The molecule has 0 aromatic heterocycles. The van der Waals surface area contributed by atoms with Gasteiger partial charge in [0.15, 0.2) is 0 Å². The monoisotopic (exact) mass is 197 g/mol. The van der Waals surface area contributed by atoms with Crippen molar-refractivity contribution >= 4 is 5.91 Å². The van der Waals surface area contributed by atoms with Crippen molar-refractivity contribution in [3.05, 3.63) is 0 Å². The maximum Gasteiger partial charge on any atom is 0.223 e. The molecule has 0 aromatic rings. The maximum atomic E-state index is 13.8. The summed E-state index contributed by atoms with van der Waals surface area (Å²) in [6.45, 7) is 0. The summed E-state index contributed by atoms with van der Waals surface area (Å²) in [7, 11) is 0. The van der Waals surface area contributed by atoms with E-state index in [2.05, 4.69) is 0 Å². The first kappa shape index (κ1) is 8.69. The average Bonchev–Trinajstić information content (AvgIpc) is 2.12. The summed E-state index contributed by atoms with van der Waals surface area (Å²) >= 11 is 0. The second-order valence-corrected chi connectivity index (χ2v) is 5.56. The number of primary amides is 1. The lowest BCUT2D eigenvalue weighted by atomic mass is 9.49. The molecule has 0 saturated heterocycles. The van der Waals surface area contributed by atoms with E-state index in [1.54, 1.807) is 0 Å². The third-order valence-electron chi connectivity index (χ3n) is 4.68. The first-order chi connectivity index (χ1) is 6.61. The molecule has 2 nitrogen and oxygen atoms in total. The van der Waals surface area contributed by atoms with Gasteiger partial charge >= 0.3 is 0 Å². The van der Waals surface area contributed by atoms with Gasteiger partial charge in [0, 0.05) is 5.41 Å².